The molecule has 0 unspecified atom stereocenters. The van der Waals surface area contributed by atoms with Crippen LogP contribution in [0.15, 0.2) is 29.4 Å². The fraction of sp³-hybridized carbons (Fsp3) is 0.500. The first kappa shape index (κ1) is 16.4. The number of rotatable bonds is 6. The third-order valence-corrected chi connectivity index (χ3v) is 5.02. The predicted octanol–water partition coefficient (Wildman–Crippen LogP) is 2.43. The van der Waals surface area contributed by atoms with Crippen LogP contribution in [0.25, 0.3) is 5.69 Å². The van der Waals surface area contributed by atoms with Gasteiger partial charge in [-0.25, -0.2) is 4.39 Å². The number of halogens is 1. The largest absolute Gasteiger partial charge is 0.381 e. The molecule has 0 radical (unpaired) electrons. The van der Waals surface area contributed by atoms with Crippen molar-refractivity contribution in [2.75, 3.05) is 25.5 Å². The second-order valence-corrected chi connectivity index (χ2v) is 6.61. The summed E-state index contributed by atoms with van der Waals surface area (Å²) in [6.07, 6.45) is 2.83. The zero-order valence-corrected chi connectivity index (χ0v) is 13.8. The van der Waals surface area contributed by atoms with Gasteiger partial charge in [0.05, 0.1) is 12.3 Å². The van der Waals surface area contributed by atoms with Gasteiger partial charge in [0.15, 0.2) is 5.16 Å². The fourth-order valence-corrected chi connectivity index (χ4v) is 3.77. The Morgan fingerprint density at radius 3 is 2.96 bits per heavy atom. The Bertz CT molecular complexity index is 643. The maximum absolute atomic E-state index is 14.2. The fourth-order valence-electron chi connectivity index (χ4n) is 2.69. The molecule has 0 bridgehead atoms. The minimum atomic E-state index is -0.284. The zero-order chi connectivity index (χ0) is 16.1. The molecule has 124 valence electrons. The van der Waals surface area contributed by atoms with E-state index in [0.717, 1.165) is 31.8 Å². The van der Waals surface area contributed by atoms with Crippen molar-refractivity contribution < 1.29 is 9.13 Å². The Balaban J connectivity index is 1.83. The first-order valence-electron chi connectivity index (χ1n) is 7.89. The van der Waals surface area contributed by atoms with E-state index in [1.165, 1.54) is 6.07 Å². The van der Waals surface area contributed by atoms with Crippen molar-refractivity contribution in [1.82, 2.24) is 14.8 Å². The van der Waals surface area contributed by atoms with Crippen molar-refractivity contribution in [3.63, 3.8) is 0 Å². The van der Waals surface area contributed by atoms with E-state index in [-0.39, 0.29) is 5.82 Å². The van der Waals surface area contributed by atoms with E-state index in [9.17, 15) is 4.39 Å². The summed E-state index contributed by atoms with van der Waals surface area (Å²) in [6.45, 7) is 2.09. The molecule has 1 atom stereocenters. The van der Waals surface area contributed by atoms with Gasteiger partial charge in [-0.1, -0.05) is 23.9 Å². The van der Waals surface area contributed by atoms with Crippen LogP contribution in [0, 0.1) is 11.7 Å². The Morgan fingerprint density at radius 1 is 1.35 bits per heavy atom. The Kier molecular flexibility index (Phi) is 5.64. The van der Waals surface area contributed by atoms with Crippen LogP contribution in [0.3, 0.4) is 0 Å². The van der Waals surface area contributed by atoms with Crippen molar-refractivity contribution in [2.45, 2.75) is 24.4 Å². The SMILES string of the molecule is NCCc1nnc(SC[C@@H]2CCCOC2)n1-c1ccccc1F. The molecule has 3 rings (SSSR count). The van der Waals surface area contributed by atoms with Gasteiger partial charge in [0.25, 0.3) is 0 Å². The summed E-state index contributed by atoms with van der Waals surface area (Å²) in [5.74, 6) is 1.82. The average molecular weight is 336 g/mol. The van der Waals surface area contributed by atoms with E-state index < -0.39 is 0 Å². The summed E-state index contributed by atoms with van der Waals surface area (Å²) >= 11 is 1.61. The first-order chi connectivity index (χ1) is 11.3. The molecule has 1 aromatic carbocycles. The topological polar surface area (TPSA) is 66.0 Å². The standard InChI is InChI=1S/C16H21FN4OS/c17-13-5-1-2-6-14(13)21-15(7-8-18)19-20-16(21)23-11-12-4-3-9-22-10-12/h1-2,5-6,12H,3-4,7-11,18H2/t12-/m1/s1. The lowest BCUT2D eigenvalue weighted by atomic mass is 10.1. The zero-order valence-electron chi connectivity index (χ0n) is 12.9. The number of hydrogen-bond acceptors (Lipinski definition) is 5. The summed E-state index contributed by atoms with van der Waals surface area (Å²) < 4.78 is 21.5. The van der Waals surface area contributed by atoms with Crippen LogP contribution in [0.5, 0.6) is 0 Å². The summed E-state index contributed by atoms with van der Waals surface area (Å²) in [5, 5.41) is 9.16. The quantitative estimate of drug-likeness (QED) is 0.821. The highest BCUT2D eigenvalue weighted by Crippen LogP contribution is 2.27. The Labute approximate surface area is 139 Å². The number of ether oxygens (including phenoxy) is 1. The van der Waals surface area contributed by atoms with Crippen molar-refractivity contribution in [2.24, 2.45) is 11.7 Å². The molecule has 0 aliphatic carbocycles. The van der Waals surface area contributed by atoms with Crippen molar-refractivity contribution in [3.8, 4) is 5.69 Å². The van der Waals surface area contributed by atoms with Gasteiger partial charge in [0, 0.05) is 18.8 Å². The summed E-state index contributed by atoms with van der Waals surface area (Å²) in [5.41, 5.74) is 6.12. The van der Waals surface area contributed by atoms with Gasteiger partial charge >= 0.3 is 0 Å². The van der Waals surface area contributed by atoms with Crippen LogP contribution >= 0.6 is 11.8 Å². The first-order valence-corrected chi connectivity index (χ1v) is 8.88. The van der Waals surface area contributed by atoms with Gasteiger partial charge in [-0.2, -0.15) is 0 Å². The maximum atomic E-state index is 14.2. The minimum Gasteiger partial charge on any atom is -0.381 e. The molecule has 0 saturated carbocycles. The third kappa shape index (κ3) is 3.91. The third-order valence-electron chi connectivity index (χ3n) is 3.86. The monoisotopic (exact) mass is 336 g/mol. The van der Waals surface area contributed by atoms with Crippen LogP contribution in [-0.4, -0.2) is 40.3 Å². The molecular weight excluding hydrogens is 315 g/mol. The molecule has 0 spiro atoms. The molecular formula is C16H21FN4OS. The molecule has 2 N–H and O–H groups in total. The van der Waals surface area contributed by atoms with Gasteiger partial charge in [0.2, 0.25) is 0 Å². The van der Waals surface area contributed by atoms with Crippen molar-refractivity contribution in [1.29, 1.82) is 0 Å². The summed E-state index contributed by atoms with van der Waals surface area (Å²) in [4.78, 5) is 0. The number of aromatic nitrogens is 3. The van der Waals surface area contributed by atoms with E-state index in [1.807, 2.05) is 6.07 Å². The van der Waals surface area contributed by atoms with E-state index in [4.69, 9.17) is 10.5 Å². The lowest BCUT2D eigenvalue weighted by molar-refractivity contribution is 0.0632. The number of hydrogen-bond donors (Lipinski definition) is 1. The van der Waals surface area contributed by atoms with Crippen LogP contribution in [0.2, 0.25) is 0 Å². The molecule has 1 fully saturated rings. The predicted molar refractivity (Wildman–Crippen MR) is 88.3 cm³/mol. The molecule has 2 aromatic rings. The normalized spacial score (nSPS) is 18.3. The van der Waals surface area contributed by atoms with E-state index in [0.29, 0.717) is 35.6 Å². The number of para-hydroxylation sites is 1. The molecule has 1 saturated heterocycles. The lowest BCUT2D eigenvalue weighted by Crippen LogP contribution is -2.19. The van der Waals surface area contributed by atoms with Crippen LogP contribution in [0.4, 0.5) is 4.39 Å². The Morgan fingerprint density at radius 2 is 2.22 bits per heavy atom. The van der Waals surface area contributed by atoms with Crippen LogP contribution in [-0.2, 0) is 11.2 Å². The Hall–Kier alpha value is -1.44. The number of thioether (sulfide) groups is 1. The lowest BCUT2D eigenvalue weighted by Gasteiger charge is -2.21. The number of nitrogens with two attached hydrogens (primary N) is 1. The second kappa shape index (κ2) is 7.90. The van der Waals surface area contributed by atoms with Crippen molar-refractivity contribution >= 4 is 11.8 Å². The maximum Gasteiger partial charge on any atom is 0.195 e. The average Bonchev–Trinajstić information content (AvgIpc) is 2.97. The van der Waals surface area contributed by atoms with Gasteiger partial charge in [0.1, 0.15) is 11.6 Å². The van der Waals surface area contributed by atoms with Crippen LogP contribution in [0.1, 0.15) is 18.7 Å². The van der Waals surface area contributed by atoms with Gasteiger partial charge in [-0.3, -0.25) is 4.57 Å². The van der Waals surface area contributed by atoms with Crippen LogP contribution < -0.4 is 5.73 Å². The highest BCUT2D eigenvalue weighted by Gasteiger charge is 2.19. The number of nitrogens with zero attached hydrogens (tertiary/aromatic N) is 3. The smallest absolute Gasteiger partial charge is 0.195 e. The molecule has 23 heavy (non-hydrogen) atoms. The van der Waals surface area contributed by atoms with E-state index >= 15 is 0 Å². The van der Waals surface area contributed by atoms with Crippen molar-refractivity contribution in [3.05, 3.63) is 35.9 Å². The van der Waals surface area contributed by atoms with E-state index in [2.05, 4.69) is 10.2 Å². The van der Waals surface area contributed by atoms with Gasteiger partial charge in [-0.15, -0.1) is 10.2 Å². The molecule has 5 nitrogen and oxygen atoms in total. The minimum absolute atomic E-state index is 0.284. The highest BCUT2D eigenvalue weighted by molar-refractivity contribution is 7.99. The number of benzene rings is 1. The molecule has 2 heterocycles. The molecule has 1 aromatic heterocycles. The highest BCUT2D eigenvalue weighted by atomic mass is 32.2. The van der Waals surface area contributed by atoms with Gasteiger partial charge < -0.3 is 10.5 Å². The summed E-state index contributed by atoms with van der Waals surface area (Å²) in [6, 6.07) is 6.68. The molecule has 7 heteroatoms. The molecule has 0 amide bonds. The van der Waals surface area contributed by atoms with Gasteiger partial charge in [-0.05, 0) is 37.4 Å². The summed E-state index contributed by atoms with van der Waals surface area (Å²) in [7, 11) is 0. The van der Waals surface area contributed by atoms with E-state index in [1.54, 1.807) is 28.5 Å². The molecule has 1 aliphatic heterocycles. The molecule has 1 aliphatic rings. The second-order valence-electron chi connectivity index (χ2n) is 5.62.